The lowest BCUT2D eigenvalue weighted by atomic mass is 9.80. The summed E-state index contributed by atoms with van der Waals surface area (Å²) in [6, 6.07) is 19.0. The van der Waals surface area contributed by atoms with Crippen molar-refractivity contribution in [3.05, 3.63) is 83.6 Å². The highest BCUT2D eigenvalue weighted by molar-refractivity contribution is 7.89. The molecule has 1 aliphatic rings. The minimum Gasteiger partial charge on any atom is -0.337 e. The van der Waals surface area contributed by atoms with Crippen molar-refractivity contribution in [1.29, 1.82) is 0 Å². The number of carbonyl (C=O) groups is 1. The van der Waals surface area contributed by atoms with Crippen LogP contribution >= 0.6 is 11.6 Å². The predicted octanol–water partition coefficient (Wildman–Crippen LogP) is 5.37. The molecule has 3 aromatic rings. The lowest BCUT2D eigenvalue weighted by molar-refractivity contribution is 0.233. The first-order valence-electron chi connectivity index (χ1n) is 12.1. The molecule has 0 spiro atoms. The quantitative estimate of drug-likeness (QED) is 0.413. The molecule has 1 aliphatic heterocycles. The van der Waals surface area contributed by atoms with Crippen LogP contribution in [0.2, 0.25) is 5.02 Å². The molecule has 36 heavy (non-hydrogen) atoms. The van der Waals surface area contributed by atoms with E-state index >= 15 is 0 Å². The van der Waals surface area contributed by atoms with Gasteiger partial charge in [0.2, 0.25) is 10.0 Å². The molecule has 2 heterocycles. The second kappa shape index (κ2) is 11.9. The second-order valence-corrected chi connectivity index (χ2v) is 11.6. The zero-order valence-corrected chi connectivity index (χ0v) is 21.8. The number of carbonyl (C=O) groups excluding carboxylic acids is 1. The van der Waals surface area contributed by atoms with Crippen LogP contribution in [0.4, 0.5) is 10.5 Å². The maximum atomic E-state index is 12.6. The fourth-order valence-corrected chi connectivity index (χ4v) is 6.02. The zero-order chi connectivity index (χ0) is 25.5. The number of anilines is 1. The average molecular weight is 527 g/mol. The van der Waals surface area contributed by atoms with Crippen LogP contribution in [0.3, 0.4) is 0 Å². The molecule has 2 aromatic carbocycles. The smallest absolute Gasteiger partial charge is 0.319 e. The van der Waals surface area contributed by atoms with Gasteiger partial charge in [-0.1, -0.05) is 48.0 Å². The first-order chi connectivity index (χ1) is 17.4. The summed E-state index contributed by atoms with van der Waals surface area (Å²) in [6.45, 7) is 3.11. The summed E-state index contributed by atoms with van der Waals surface area (Å²) in [6.07, 6.45) is 5.06. The average Bonchev–Trinajstić information content (AvgIpc) is 2.90. The molecule has 1 saturated heterocycles. The van der Waals surface area contributed by atoms with Crippen molar-refractivity contribution in [2.45, 2.75) is 25.7 Å². The van der Waals surface area contributed by atoms with Crippen LogP contribution in [-0.2, 0) is 10.0 Å². The number of hydrogen-bond donors (Lipinski definition) is 2. The number of benzene rings is 2. The highest BCUT2D eigenvalue weighted by Gasteiger charge is 2.32. The fourth-order valence-electron chi connectivity index (χ4n) is 4.70. The number of sulfonamides is 1. The van der Waals surface area contributed by atoms with E-state index in [1.165, 1.54) is 0 Å². The summed E-state index contributed by atoms with van der Waals surface area (Å²) < 4.78 is 26.3. The number of pyridine rings is 1. The Balaban J connectivity index is 1.49. The van der Waals surface area contributed by atoms with E-state index in [-0.39, 0.29) is 23.6 Å². The normalized spacial score (nSPS) is 15.8. The predicted molar refractivity (Wildman–Crippen MR) is 145 cm³/mol. The summed E-state index contributed by atoms with van der Waals surface area (Å²) in [4.78, 5) is 16.8. The van der Waals surface area contributed by atoms with Crippen LogP contribution < -0.4 is 10.6 Å². The molecule has 2 N–H and O–H groups in total. The van der Waals surface area contributed by atoms with Gasteiger partial charge in [0.25, 0.3) is 0 Å². The molecule has 190 valence electrons. The Labute approximate surface area is 217 Å². The molecule has 2 amide bonds. The van der Waals surface area contributed by atoms with Gasteiger partial charge in [-0.25, -0.2) is 17.5 Å². The van der Waals surface area contributed by atoms with Gasteiger partial charge in [0.1, 0.15) is 0 Å². The Morgan fingerprint density at radius 3 is 2.47 bits per heavy atom. The highest BCUT2D eigenvalue weighted by Crippen LogP contribution is 2.34. The number of hydrogen-bond acceptors (Lipinski definition) is 4. The minimum atomic E-state index is -3.20. The molecule has 0 radical (unpaired) electrons. The Hall–Kier alpha value is -2.94. The maximum absolute atomic E-state index is 12.6. The van der Waals surface area contributed by atoms with Crippen LogP contribution in [0, 0.1) is 5.92 Å². The van der Waals surface area contributed by atoms with Gasteiger partial charge in [-0.15, -0.1) is 0 Å². The van der Waals surface area contributed by atoms with E-state index in [4.69, 9.17) is 11.6 Å². The van der Waals surface area contributed by atoms with Crippen LogP contribution in [0.15, 0.2) is 73.1 Å². The zero-order valence-electron chi connectivity index (χ0n) is 20.2. The third-order valence-electron chi connectivity index (χ3n) is 6.72. The van der Waals surface area contributed by atoms with E-state index in [1.54, 1.807) is 41.7 Å². The number of amides is 2. The SMILES string of the molecule is CCS(=O)(=O)N1CCC(C(CNC(=O)Nc2cccc(Cl)c2)c2ccc(-c3cccnc3)cc2)CC1. The first kappa shape index (κ1) is 26.1. The summed E-state index contributed by atoms with van der Waals surface area (Å²) in [5, 5.41) is 6.39. The number of nitrogens with one attached hydrogen (secondary N) is 2. The van der Waals surface area contributed by atoms with Gasteiger partial charge in [0, 0.05) is 48.7 Å². The summed E-state index contributed by atoms with van der Waals surface area (Å²) in [7, 11) is -3.20. The van der Waals surface area contributed by atoms with Gasteiger partial charge < -0.3 is 10.6 Å². The summed E-state index contributed by atoms with van der Waals surface area (Å²) in [5.41, 5.74) is 3.84. The molecule has 0 aliphatic carbocycles. The van der Waals surface area contributed by atoms with Crippen molar-refractivity contribution < 1.29 is 13.2 Å². The van der Waals surface area contributed by atoms with Crippen molar-refractivity contribution in [3.63, 3.8) is 0 Å². The van der Waals surface area contributed by atoms with Gasteiger partial charge >= 0.3 is 6.03 Å². The van der Waals surface area contributed by atoms with E-state index in [0.29, 0.717) is 30.3 Å². The van der Waals surface area contributed by atoms with E-state index in [0.717, 1.165) is 29.5 Å². The van der Waals surface area contributed by atoms with Crippen LogP contribution in [0.5, 0.6) is 0 Å². The van der Waals surface area contributed by atoms with Crippen molar-refractivity contribution >= 4 is 33.3 Å². The van der Waals surface area contributed by atoms with Gasteiger partial charge in [-0.2, -0.15) is 0 Å². The minimum absolute atomic E-state index is 0.0459. The first-order valence-corrected chi connectivity index (χ1v) is 14.1. The molecule has 7 nitrogen and oxygen atoms in total. The van der Waals surface area contributed by atoms with E-state index < -0.39 is 10.0 Å². The number of nitrogens with zero attached hydrogens (tertiary/aromatic N) is 2. The molecule has 1 unspecified atom stereocenters. The number of urea groups is 1. The van der Waals surface area contributed by atoms with Gasteiger partial charge in [-0.05, 0) is 66.6 Å². The van der Waals surface area contributed by atoms with Crippen LogP contribution in [0.25, 0.3) is 11.1 Å². The van der Waals surface area contributed by atoms with E-state index in [9.17, 15) is 13.2 Å². The van der Waals surface area contributed by atoms with Crippen molar-refractivity contribution in [2.75, 3.05) is 30.7 Å². The van der Waals surface area contributed by atoms with Gasteiger partial charge in [-0.3, -0.25) is 4.98 Å². The molecule has 4 rings (SSSR count). The standard InChI is InChI=1S/C27H31ClN4O3S/c1-2-36(34,35)32-15-12-22(13-16-32)26(19-30-27(33)31-25-7-3-6-24(28)17-25)21-10-8-20(9-11-21)23-5-4-14-29-18-23/h3-11,14,17-18,22,26H,2,12-13,15-16,19H2,1H3,(H2,30,31,33). The molecule has 1 fully saturated rings. The molecule has 9 heteroatoms. The fraction of sp³-hybridized carbons (Fsp3) is 0.333. The third kappa shape index (κ3) is 6.63. The summed E-state index contributed by atoms with van der Waals surface area (Å²) >= 11 is 6.03. The monoisotopic (exact) mass is 526 g/mol. The lowest BCUT2D eigenvalue weighted by Crippen LogP contribution is -2.42. The third-order valence-corrected chi connectivity index (χ3v) is 8.84. The van der Waals surface area contributed by atoms with Crippen LogP contribution in [-0.4, -0.2) is 49.1 Å². The van der Waals surface area contributed by atoms with Crippen molar-refractivity contribution in [1.82, 2.24) is 14.6 Å². The molecule has 0 bridgehead atoms. The van der Waals surface area contributed by atoms with E-state index in [1.807, 2.05) is 18.3 Å². The lowest BCUT2D eigenvalue weighted by Gasteiger charge is -2.35. The molecule has 1 aromatic heterocycles. The number of rotatable bonds is 8. The molecule has 0 saturated carbocycles. The highest BCUT2D eigenvalue weighted by atomic mass is 35.5. The van der Waals surface area contributed by atoms with Crippen LogP contribution in [0.1, 0.15) is 31.2 Å². The number of aromatic nitrogens is 1. The summed E-state index contributed by atoms with van der Waals surface area (Å²) in [5.74, 6) is 0.399. The maximum Gasteiger partial charge on any atom is 0.319 e. The van der Waals surface area contributed by atoms with Gasteiger partial charge in [0.15, 0.2) is 0 Å². The largest absolute Gasteiger partial charge is 0.337 e. The Bertz CT molecular complexity index is 1260. The second-order valence-electron chi connectivity index (χ2n) is 8.95. The Morgan fingerprint density at radius 1 is 1.08 bits per heavy atom. The van der Waals surface area contributed by atoms with E-state index in [2.05, 4.69) is 39.9 Å². The molecular formula is C27H31ClN4O3S. The Morgan fingerprint density at radius 2 is 1.83 bits per heavy atom. The molecular weight excluding hydrogens is 496 g/mol. The number of piperidine rings is 1. The van der Waals surface area contributed by atoms with Crippen molar-refractivity contribution in [3.8, 4) is 11.1 Å². The number of halogens is 1. The molecule has 1 atom stereocenters. The Kier molecular flexibility index (Phi) is 8.61. The van der Waals surface area contributed by atoms with Gasteiger partial charge in [0.05, 0.1) is 5.75 Å². The van der Waals surface area contributed by atoms with Crippen molar-refractivity contribution in [2.24, 2.45) is 5.92 Å². The topological polar surface area (TPSA) is 91.4 Å².